The van der Waals surface area contributed by atoms with Crippen LogP contribution in [0.2, 0.25) is 0 Å². The van der Waals surface area contributed by atoms with Gasteiger partial charge in [-0.25, -0.2) is 4.79 Å². The van der Waals surface area contributed by atoms with Crippen molar-refractivity contribution in [1.29, 1.82) is 0 Å². The summed E-state index contributed by atoms with van der Waals surface area (Å²) >= 11 is 0.836. The second kappa shape index (κ2) is 17.7. The van der Waals surface area contributed by atoms with E-state index in [0.717, 1.165) is 52.2 Å². The molecule has 0 saturated carbocycles. The first-order chi connectivity index (χ1) is 24.6. The van der Waals surface area contributed by atoms with Gasteiger partial charge in [0, 0.05) is 17.5 Å². The SMILES string of the molecule is CCc1cc(-c2ccccc2)c(C(F)(F)F)s1.Cc1ccc2c(c1)CCCC2=CC(=O)C(CC(=O)OC(C)(C)C)N(C)C(=O)OCc1ccccc1. The van der Waals surface area contributed by atoms with Crippen molar-refractivity contribution in [2.45, 2.75) is 91.1 Å². The molecule has 1 aliphatic carbocycles. The number of aryl methyl sites for hydroxylation is 3. The number of ether oxygens (including phenoxy) is 2. The molecule has 1 unspecified atom stereocenters. The smallest absolute Gasteiger partial charge is 0.426 e. The van der Waals surface area contributed by atoms with Crippen LogP contribution in [0.15, 0.2) is 91.0 Å². The van der Waals surface area contributed by atoms with E-state index in [9.17, 15) is 27.6 Å². The van der Waals surface area contributed by atoms with E-state index in [2.05, 4.69) is 13.0 Å². The highest BCUT2D eigenvalue weighted by Crippen LogP contribution is 2.43. The van der Waals surface area contributed by atoms with Crippen molar-refractivity contribution in [2.24, 2.45) is 0 Å². The number of carbonyl (C=O) groups excluding carboxylic acids is 3. The first-order valence-electron chi connectivity index (χ1n) is 17.3. The van der Waals surface area contributed by atoms with Crippen LogP contribution in [0, 0.1) is 6.92 Å². The monoisotopic (exact) mass is 733 g/mol. The molecule has 0 bridgehead atoms. The molecule has 1 amide bonds. The number of thiophene rings is 1. The second-order valence-corrected chi connectivity index (χ2v) is 14.9. The van der Waals surface area contributed by atoms with Gasteiger partial charge in [0.05, 0.1) is 6.42 Å². The number of allylic oxidation sites excluding steroid dienone is 1. The molecule has 6 nitrogen and oxygen atoms in total. The van der Waals surface area contributed by atoms with E-state index in [1.54, 1.807) is 63.2 Å². The fourth-order valence-electron chi connectivity index (χ4n) is 5.84. The fraction of sp³-hybridized carbons (Fsp3) is 0.357. The van der Waals surface area contributed by atoms with Gasteiger partial charge in [-0.1, -0.05) is 91.3 Å². The minimum atomic E-state index is -4.27. The average Bonchev–Trinajstić information content (AvgIpc) is 3.55. The molecule has 0 saturated heterocycles. The van der Waals surface area contributed by atoms with Crippen LogP contribution in [-0.2, 0) is 44.7 Å². The van der Waals surface area contributed by atoms with Crippen LogP contribution in [0.1, 0.15) is 79.0 Å². The molecule has 3 aromatic carbocycles. The minimum Gasteiger partial charge on any atom is -0.460 e. The number of rotatable bonds is 9. The number of nitrogens with zero attached hydrogens (tertiary/aromatic N) is 1. The maximum atomic E-state index is 13.5. The number of ketones is 1. The van der Waals surface area contributed by atoms with E-state index in [0.29, 0.717) is 17.5 Å². The molecule has 4 aromatic rings. The van der Waals surface area contributed by atoms with Gasteiger partial charge < -0.3 is 14.4 Å². The summed E-state index contributed by atoms with van der Waals surface area (Å²) in [6.45, 7) is 9.29. The Morgan fingerprint density at radius 2 is 1.56 bits per heavy atom. The number of alkyl halides is 3. The molecule has 10 heteroatoms. The van der Waals surface area contributed by atoms with Gasteiger partial charge in [0.25, 0.3) is 0 Å². The van der Waals surface area contributed by atoms with Crippen LogP contribution in [-0.4, -0.2) is 41.4 Å². The maximum absolute atomic E-state index is 13.5. The van der Waals surface area contributed by atoms with E-state index in [4.69, 9.17) is 9.47 Å². The van der Waals surface area contributed by atoms with Crippen molar-refractivity contribution in [3.05, 3.63) is 123 Å². The molecule has 0 radical (unpaired) electrons. The molecule has 1 aliphatic rings. The second-order valence-electron chi connectivity index (χ2n) is 13.7. The van der Waals surface area contributed by atoms with E-state index in [1.807, 2.05) is 49.4 Å². The predicted octanol–water partition coefficient (Wildman–Crippen LogP) is 10.6. The maximum Gasteiger partial charge on any atom is 0.426 e. The molecular formula is C42H46F3NO5S. The van der Waals surface area contributed by atoms with Crippen molar-refractivity contribution in [3.8, 4) is 11.1 Å². The van der Waals surface area contributed by atoms with Crippen LogP contribution in [0.5, 0.6) is 0 Å². The molecule has 0 aliphatic heterocycles. The molecule has 0 spiro atoms. The van der Waals surface area contributed by atoms with Crippen LogP contribution in [0.25, 0.3) is 16.7 Å². The lowest BCUT2D eigenvalue weighted by atomic mass is 9.85. The van der Waals surface area contributed by atoms with Gasteiger partial charge in [0.1, 0.15) is 23.1 Å². The molecule has 52 heavy (non-hydrogen) atoms. The summed E-state index contributed by atoms with van der Waals surface area (Å²) in [6, 6.07) is 24.8. The third-order valence-corrected chi connectivity index (χ3v) is 9.68. The number of amides is 1. The van der Waals surface area contributed by atoms with Gasteiger partial charge in [-0.3, -0.25) is 9.59 Å². The first kappa shape index (κ1) is 40.1. The zero-order valence-corrected chi connectivity index (χ0v) is 31.3. The van der Waals surface area contributed by atoms with Gasteiger partial charge in [-0.05, 0) is 93.3 Å². The van der Waals surface area contributed by atoms with Crippen molar-refractivity contribution in [2.75, 3.05) is 7.05 Å². The average molecular weight is 734 g/mol. The molecule has 276 valence electrons. The zero-order chi connectivity index (χ0) is 38.1. The normalized spacial score (nSPS) is 14.1. The molecule has 5 rings (SSSR count). The van der Waals surface area contributed by atoms with Crippen molar-refractivity contribution >= 4 is 34.8 Å². The number of likely N-dealkylation sites (N-methyl/N-ethyl adjacent to an activating group) is 1. The lowest BCUT2D eigenvalue weighted by molar-refractivity contribution is -0.157. The Hall–Kier alpha value is -4.70. The Bertz CT molecular complexity index is 1860. The highest BCUT2D eigenvalue weighted by Gasteiger charge is 2.36. The van der Waals surface area contributed by atoms with Crippen LogP contribution in [0.3, 0.4) is 0 Å². The molecule has 1 aromatic heterocycles. The Labute approximate surface area is 308 Å². The summed E-state index contributed by atoms with van der Waals surface area (Å²) in [5.41, 5.74) is 5.43. The van der Waals surface area contributed by atoms with E-state index in [1.165, 1.54) is 23.1 Å². The number of halogens is 3. The number of benzene rings is 3. The number of fused-ring (bicyclic) bond motifs is 1. The van der Waals surface area contributed by atoms with Crippen molar-refractivity contribution in [3.63, 3.8) is 0 Å². The van der Waals surface area contributed by atoms with Gasteiger partial charge >= 0.3 is 18.2 Å². The summed E-state index contributed by atoms with van der Waals surface area (Å²) in [5.74, 6) is -0.866. The van der Waals surface area contributed by atoms with Gasteiger partial charge in [0.15, 0.2) is 5.78 Å². The van der Waals surface area contributed by atoms with E-state index < -0.39 is 34.8 Å². The summed E-state index contributed by atoms with van der Waals surface area (Å²) in [7, 11) is 1.48. The van der Waals surface area contributed by atoms with Crippen LogP contribution in [0.4, 0.5) is 18.0 Å². The van der Waals surface area contributed by atoms with Gasteiger partial charge in [0.2, 0.25) is 0 Å². The Balaban J connectivity index is 0.000000296. The third-order valence-electron chi connectivity index (χ3n) is 8.36. The topological polar surface area (TPSA) is 72.9 Å². The van der Waals surface area contributed by atoms with Crippen molar-refractivity contribution < 1.29 is 37.0 Å². The number of esters is 1. The Morgan fingerprint density at radius 1 is 0.904 bits per heavy atom. The van der Waals surface area contributed by atoms with Gasteiger partial charge in [-0.15, -0.1) is 11.3 Å². The third kappa shape index (κ3) is 11.4. The lowest BCUT2D eigenvalue weighted by Crippen LogP contribution is -2.44. The Morgan fingerprint density at radius 3 is 2.17 bits per heavy atom. The first-order valence-corrected chi connectivity index (χ1v) is 18.1. The number of carbonyl (C=O) groups is 3. The minimum absolute atomic E-state index is 0.0746. The summed E-state index contributed by atoms with van der Waals surface area (Å²) in [6.07, 6.45) is -0.307. The molecule has 1 heterocycles. The number of hydrogen-bond acceptors (Lipinski definition) is 6. The fourth-order valence-corrected chi connectivity index (χ4v) is 6.83. The zero-order valence-electron chi connectivity index (χ0n) is 30.5. The Kier molecular flexibility index (Phi) is 13.6. The highest BCUT2D eigenvalue weighted by atomic mass is 32.1. The molecule has 0 fully saturated rings. The largest absolute Gasteiger partial charge is 0.460 e. The summed E-state index contributed by atoms with van der Waals surface area (Å²) < 4.78 is 49.6. The number of hydrogen-bond donors (Lipinski definition) is 0. The lowest BCUT2D eigenvalue weighted by Gasteiger charge is -2.27. The van der Waals surface area contributed by atoms with E-state index in [-0.39, 0.29) is 18.8 Å². The van der Waals surface area contributed by atoms with Gasteiger partial charge in [-0.2, -0.15) is 13.2 Å². The summed E-state index contributed by atoms with van der Waals surface area (Å²) in [4.78, 5) is 40.4. The predicted molar refractivity (Wildman–Crippen MR) is 200 cm³/mol. The highest BCUT2D eigenvalue weighted by molar-refractivity contribution is 7.12. The van der Waals surface area contributed by atoms with E-state index >= 15 is 0 Å². The molecular weight excluding hydrogens is 688 g/mol. The quantitative estimate of drug-likeness (QED) is 0.126. The summed E-state index contributed by atoms with van der Waals surface area (Å²) in [5, 5.41) is 0. The van der Waals surface area contributed by atoms with Crippen molar-refractivity contribution in [1.82, 2.24) is 4.90 Å². The molecule has 0 N–H and O–H groups in total. The van der Waals surface area contributed by atoms with Crippen LogP contribution < -0.4 is 0 Å². The van der Waals surface area contributed by atoms with Crippen LogP contribution >= 0.6 is 11.3 Å². The molecule has 1 atom stereocenters. The standard InChI is InChI=1S/C29H35NO5.C13H11F3S/c1-20-14-15-24-22(16-20)12-9-13-23(24)17-26(31)25(18-27(32)35-29(2,3)4)30(5)28(33)34-19-21-10-7-6-8-11-21;1-2-10-8-11(9-6-4-3-5-7-9)12(17-10)13(14,15)16/h6-8,10-11,14-17,25H,9,12-13,18-19H2,1-5H3;3-8H,2H2,1H3.